The average molecular weight is 166 g/mol. The summed E-state index contributed by atoms with van der Waals surface area (Å²) in [7, 11) is 0. The molecule has 0 aromatic carbocycles. The summed E-state index contributed by atoms with van der Waals surface area (Å²) >= 11 is 0. The van der Waals surface area contributed by atoms with Crippen molar-refractivity contribution in [1.82, 2.24) is 0 Å². The van der Waals surface area contributed by atoms with Gasteiger partial charge in [0.25, 0.3) is 0 Å². The molecule has 1 aliphatic carbocycles. The maximum absolute atomic E-state index is 11.2. The zero-order chi connectivity index (χ0) is 9.52. The first-order valence-electron chi connectivity index (χ1n) is 3.99. The number of rotatable bonds is 0. The van der Waals surface area contributed by atoms with E-state index in [1.165, 1.54) is 0 Å². The Morgan fingerprint density at radius 2 is 2.00 bits per heavy atom. The SMILES string of the molecule is C=C1CC(C)(C)C(C)=C(O)C1=O. The number of Topliss-reactive ketones (excluding diaryl/α,β-unsaturated/α-hetero) is 1. The van der Waals surface area contributed by atoms with E-state index in [-0.39, 0.29) is 17.0 Å². The Bertz CT molecular complexity index is 282. The van der Waals surface area contributed by atoms with E-state index in [1.807, 2.05) is 13.8 Å². The lowest BCUT2D eigenvalue weighted by molar-refractivity contribution is -0.115. The molecule has 0 atom stereocenters. The van der Waals surface area contributed by atoms with E-state index in [1.54, 1.807) is 6.92 Å². The maximum Gasteiger partial charge on any atom is 0.222 e. The van der Waals surface area contributed by atoms with Crippen LogP contribution in [0.3, 0.4) is 0 Å². The number of carbonyl (C=O) groups is 1. The molecule has 2 nitrogen and oxygen atoms in total. The Morgan fingerprint density at radius 1 is 1.50 bits per heavy atom. The monoisotopic (exact) mass is 166 g/mol. The van der Waals surface area contributed by atoms with Crippen molar-refractivity contribution in [3.63, 3.8) is 0 Å². The van der Waals surface area contributed by atoms with Gasteiger partial charge < -0.3 is 5.11 Å². The number of carbonyl (C=O) groups excluding carboxylic acids is 1. The smallest absolute Gasteiger partial charge is 0.222 e. The van der Waals surface area contributed by atoms with Crippen LogP contribution in [0.25, 0.3) is 0 Å². The molecular formula is C10H14O2. The van der Waals surface area contributed by atoms with E-state index in [4.69, 9.17) is 0 Å². The molecule has 12 heavy (non-hydrogen) atoms. The number of allylic oxidation sites excluding steroid dienone is 2. The van der Waals surface area contributed by atoms with E-state index in [0.29, 0.717) is 12.0 Å². The van der Waals surface area contributed by atoms with Crippen LogP contribution in [0.15, 0.2) is 23.5 Å². The summed E-state index contributed by atoms with van der Waals surface area (Å²) in [6, 6.07) is 0. The quantitative estimate of drug-likeness (QED) is 0.561. The minimum absolute atomic E-state index is 0.115. The van der Waals surface area contributed by atoms with Gasteiger partial charge in [0.05, 0.1) is 0 Å². The Balaban J connectivity index is 3.22. The van der Waals surface area contributed by atoms with Gasteiger partial charge in [0, 0.05) is 0 Å². The summed E-state index contributed by atoms with van der Waals surface area (Å²) in [5.74, 6) is -0.414. The van der Waals surface area contributed by atoms with Gasteiger partial charge in [-0.05, 0) is 29.9 Å². The molecule has 0 saturated heterocycles. The van der Waals surface area contributed by atoms with E-state index in [9.17, 15) is 9.90 Å². The molecule has 1 aliphatic rings. The third-order valence-corrected chi connectivity index (χ3v) is 2.56. The van der Waals surface area contributed by atoms with Crippen molar-refractivity contribution in [2.75, 3.05) is 0 Å². The summed E-state index contributed by atoms with van der Waals surface area (Å²) in [6.45, 7) is 9.42. The minimum atomic E-state index is -0.299. The highest BCUT2D eigenvalue weighted by atomic mass is 16.3. The highest BCUT2D eigenvalue weighted by molar-refractivity contribution is 6.07. The first-order chi connectivity index (χ1) is 5.36. The van der Waals surface area contributed by atoms with Crippen LogP contribution in [0.2, 0.25) is 0 Å². The van der Waals surface area contributed by atoms with Gasteiger partial charge in [-0.1, -0.05) is 20.4 Å². The number of ketones is 1. The third-order valence-electron chi connectivity index (χ3n) is 2.56. The maximum atomic E-state index is 11.2. The number of hydrogen-bond acceptors (Lipinski definition) is 2. The van der Waals surface area contributed by atoms with Crippen LogP contribution in [-0.2, 0) is 4.79 Å². The van der Waals surface area contributed by atoms with Gasteiger partial charge in [0.1, 0.15) is 0 Å². The molecule has 1 N–H and O–H groups in total. The predicted molar refractivity (Wildman–Crippen MR) is 47.9 cm³/mol. The van der Waals surface area contributed by atoms with Crippen molar-refractivity contribution in [3.05, 3.63) is 23.5 Å². The molecule has 0 spiro atoms. The summed E-state index contributed by atoms with van der Waals surface area (Å²) in [6.07, 6.45) is 0.641. The lowest BCUT2D eigenvalue weighted by Crippen LogP contribution is -2.26. The molecule has 66 valence electrons. The molecule has 0 bridgehead atoms. The van der Waals surface area contributed by atoms with Gasteiger partial charge in [-0.25, -0.2) is 0 Å². The van der Waals surface area contributed by atoms with Crippen LogP contribution in [0.4, 0.5) is 0 Å². The second-order valence-corrected chi connectivity index (χ2v) is 3.97. The van der Waals surface area contributed by atoms with Crippen molar-refractivity contribution >= 4 is 5.78 Å². The molecule has 0 aromatic heterocycles. The zero-order valence-electron chi connectivity index (χ0n) is 7.77. The molecule has 0 aromatic rings. The molecule has 0 aliphatic heterocycles. The van der Waals surface area contributed by atoms with Crippen molar-refractivity contribution in [3.8, 4) is 0 Å². The second kappa shape index (κ2) is 2.47. The van der Waals surface area contributed by atoms with Gasteiger partial charge in [-0.2, -0.15) is 0 Å². The van der Waals surface area contributed by atoms with Crippen LogP contribution in [0, 0.1) is 5.41 Å². The third kappa shape index (κ3) is 1.17. The van der Waals surface area contributed by atoms with Crippen molar-refractivity contribution in [1.29, 1.82) is 0 Å². The molecule has 2 heteroatoms. The minimum Gasteiger partial charge on any atom is -0.504 e. The lowest BCUT2D eigenvalue weighted by atomic mass is 9.73. The first kappa shape index (κ1) is 9.04. The van der Waals surface area contributed by atoms with E-state index < -0.39 is 0 Å². The topological polar surface area (TPSA) is 37.3 Å². The van der Waals surface area contributed by atoms with Crippen LogP contribution in [0.1, 0.15) is 27.2 Å². The standard InChI is InChI=1S/C10H14O2/c1-6-5-10(3,4)7(2)9(12)8(6)11/h12H,1,5H2,2-4H3. The predicted octanol–water partition coefficient (Wildman–Crippen LogP) is 2.37. The molecule has 0 saturated carbocycles. The molecule has 0 radical (unpaired) electrons. The second-order valence-electron chi connectivity index (χ2n) is 3.97. The van der Waals surface area contributed by atoms with Gasteiger partial charge in [0.15, 0.2) is 5.76 Å². The highest BCUT2D eigenvalue weighted by Gasteiger charge is 2.33. The molecular weight excluding hydrogens is 152 g/mol. The highest BCUT2D eigenvalue weighted by Crippen LogP contribution is 2.39. The number of aliphatic hydroxyl groups is 1. The van der Waals surface area contributed by atoms with Gasteiger partial charge >= 0.3 is 0 Å². The van der Waals surface area contributed by atoms with Crippen LogP contribution < -0.4 is 0 Å². The van der Waals surface area contributed by atoms with Gasteiger partial charge in [0.2, 0.25) is 5.78 Å². The fourth-order valence-corrected chi connectivity index (χ4v) is 1.40. The molecule has 0 unspecified atom stereocenters. The Hall–Kier alpha value is -1.05. The van der Waals surface area contributed by atoms with Crippen LogP contribution >= 0.6 is 0 Å². The van der Waals surface area contributed by atoms with Gasteiger partial charge in [-0.3, -0.25) is 4.79 Å². The molecule has 0 heterocycles. The van der Waals surface area contributed by atoms with E-state index in [2.05, 4.69) is 6.58 Å². The summed E-state index contributed by atoms with van der Waals surface area (Å²) in [4.78, 5) is 11.2. The van der Waals surface area contributed by atoms with E-state index >= 15 is 0 Å². The van der Waals surface area contributed by atoms with Crippen molar-refractivity contribution in [2.45, 2.75) is 27.2 Å². The average Bonchev–Trinajstić information content (AvgIpc) is 1.97. The Labute approximate surface area is 72.6 Å². The van der Waals surface area contributed by atoms with Crippen LogP contribution in [0.5, 0.6) is 0 Å². The number of hydrogen-bond donors (Lipinski definition) is 1. The fourth-order valence-electron chi connectivity index (χ4n) is 1.40. The van der Waals surface area contributed by atoms with Crippen molar-refractivity contribution in [2.24, 2.45) is 5.41 Å². The molecule has 0 fully saturated rings. The molecule has 0 amide bonds. The van der Waals surface area contributed by atoms with Gasteiger partial charge in [-0.15, -0.1) is 0 Å². The molecule has 1 rings (SSSR count). The van der Waals surface area contributed by atoms with E-state index in [0.717, 1.165) is 5.57 Å². The normalized spacial score (nSPS) is 23.2. The van der Waals surface area contributed by atoms with Crippen LogP contribution in [-0.4, -0.2) is 10.9 Å². The summed E-state index contributed by atoms with van der Waals surface area (Å²) in [5, 5.41) is 9.42. The largest absolute Gasteiger partial charge is 0.504 e. The summed E-state index contributed by atoms with van der Waals surface area (Å²) < 4.78 is 0. The Morgan fingerprint density at radius 3 is 2.50 bits per heavy atom. The Kier molecular flexibility index (Phi) is 1.86. The lowest BCUT2D eigenvalue weighted by Gasteiger charge is -2.31. The van der Waals surface area contributed by atoms with Crippen molar-refractivity contribution < 1.29 is 9.90 Å². The fraction of sp³-hybridized carbons (Fsp3) is 0.500. The summed E-state index contributed by atoms with van der Waals surface area (Å²) in [5.41, 5.74) is 1.14. The number of aliphatic hydroxyl groups excluding tert-OH is 1. The first-order valence-corrected chi connectivity index (χ1v) is 3.99. The zero-order valence-corrected chi connectivity index (χ0v) is 7.77.